The quantitative estimate of drug-likeness (QED) is 0.754. The Morgan fingerprint density at radius 2 is 1.74 bits per heavy atom. The fraction of sp³-hybridized carbons (Fsp3) is 0.619. The second-order valence-corrected chi connectivity index (χ2v) is 8.01. The molecule has 27 heavy (non-hydrogen) atoms. The molecule has 2 aliphatic heterocycles. The van der Waals surface area contributed by atoms with Crippen LogP contribution in [0.5, 0.6) is 5.75 Å². The first-order valence-electron chi connectivity index (χ1n) is 9.64. The first-order valence-corrected chi connectivity index (χ1v) is 9.64. The molecule has 0 saturated carbocycles. The van der Waals surface area contributed by atoms with Crippen molar-refractivity contribution in [2.75, 3.05) is 19.8 Å². The van der Waals surface area contributed by atoms with Crippen LogP contribution in [0.4, 0.5) is 0 Å². The Morgan fingerprint density at radius 3 is 2.37 bits per heavy atom. The predicted molar refractivity (Wildman–Crippen MR) is 100 cm³/mol. The molecule has 0 aliphatic carbocycles. The number of ether oxygens (including phenoxy) is 3. The number of nitrogens with zero attached hydrogens (tertiary/aromatic N) is 1. The Hall–Kier alpha value is -2.08. The van der Waals surface area contributed by atoms with Crippen LogP contribution in [0.2, 0.25) is 0 Å². The smallest absolute Gasteiger partial charge is 0.324 e. The lowest BCUT2D eigenvalue weighted by Gasteiger charge is -2.42. The zero-order valence-corrected chi connectivity index (χ0v) is 16.7. The summed E-state index contributed by atoms with van der Waals surface area (Å²) in [6.45, 7) is 10.6. The molecule has 0 radical (unpaired) electrons. The van der Waals surface area contributed by atoms with Crippen LogP contribution in [0.25, 0.3) is 0 Å². The summed E-state index contributed by atoms with van der Waals surface area (Å²) >= 11 is 0. The number of rotatable bonds is 4. The molecular formula is C21H29NO5. The van der Waals surface area contributed by atoms with Gasteiger partial charge in [0.15, 0.2) is 0 Å². The van der Waals surface area contributed by atoms with Crippen molar-refractivity contribution in [2.45, 2.75) is 52.2 Å². The minimum atomic E-state index is -0.700. The molecule has 1 saturated heterocycles. The van der Waals surface area contributed by atoms with Crippen molar-refractivity contribution in [3.63, 3.8) is 0 Å². The van der Waals surface area contributed by atoms with Crippen molar-refractivity contribution in [3.8, 4) is 5.75 Å². The minimum absolute atomic E-state index is 0.112. The Morgan fingerprint density at radius 1 is 1.11 bits per heavy atom. The molecule has 1 aromatic rings. The Bertz CT molecular complexity index is 711. The van der Waals surface area contributed by atoms with Crippen LogP contribution >= 0.6 is 0 Å². The van der Waals surface area contributed by atoms with Gasteiger partial charge in [-0.25, -0.2) is 0 Å². The highest BCUT2D eigenvalue weighted by Gasteiger charge is 2.61. The summed E-state index contributed by atoms with van der Waals surface area (Å²) in [5, 5.41) is 0. The average Bonchev–Trinajstić information content (AvgIpc) is 2.98. The van der Waals surface area contributed by atoms with E-state index in [4.69, 9.17) is 14.2 Å². The maximum atomic E-state index is 13.0. The van der Waals surface area contributed by atoms with E-state index >= 15 is 0 Å². The maximum absolute atomic E-state index is 13.0. The molecule has 6 heteroatoms. The molecule has 6 nitrogen and oxygen atoms in total. The van der Waals surface area contributed by atoms with E-state index in [-0.39, 0.29) is 42.7 Å². The fourth-order valence-corrected chi connectivity index (χ4v) is 4.46. The van der Waals surface area contributed by atoms with Gasteiger partial charge in [0.05, 0.1) is 25.7 Å². The number of likely N-dealkylation sites (tertiary alicyclic amines) is 1. The molecule has 148 valence electrons. The third-order valence-corrected chi connectivity index (χ3v) is 5.34. The number of carbonyl (C=O) groups is 2. The van der Waals surface area contributed by atoms with Gasteiger partial charge in [-0.05, 0) is 40.7 Å². The molecular weight excluding hydrogens is 346 g/mol. The predicted octanol–water partition coefficient (Wildman–Crippen LogP) is 2.96. The van der Waals surface area contributed by atoms with E-state index in [2.05, 4.69) is 25.7 Å². The molecule has 2 heterocycles. The molecule has 4 atom stereocenters. The Balaban J connectivity index is 2.14. The summed E-state index contributed by atoms with van der Waals surface area (Å²) in [5.74, 6) is -0.730. The molecule has 0 aromatic heterocycles. The summed E-state index contributed by atoms with van der Waals surface area (Å²) in [5.41, 5.74) is 0.649. The number of esters is 2. The van der Waals surface area contributed by atoms with Gasteiger partial charge >= 0.3 is 11.9 Å². The van der Waals surface area contributed by atoms with Crippen LogP contribution in [0.15, 0.2) is 24.3 Å². The van der Waals surface area contributed by atoms with E-state index < -0.39 is 12.0 Å². The lowest BCUT2D eigenvalue weighted by Crippen LogP contribution is -2.52. The van der Waals surface area contributed by atoms with E-state index in [9.17, 15) is 9.59 Å². The lowest BCUT2D eigenvalue weighted by atomic mass is 9.83. The SMILES string of the molecule is CCOC(=O)C1C2COc3ccccc3C2N(C(C)(C)C)C1C(=O)OCC. The number of hydrogen-bond donors (Lipinski definition) is 0. The topological polar surface area (TPSA) is 65.1 Å². The lowest BCUT2D eigenvalue weighted by molar-refractivity contribution is -0.161. The number of benzene rings is 1. The van der Waals surface area contributed by atoms with Gasteiger partial charge in [0, 0.05) is 23.1 Å². The number of para-hydroxylation sites is 1. The Labute approximate surface area is 160 Å². The van der Waals surface area contributed by atoms with Gasteiger partial charge < -0.3 is 14.2 Å². The summed E-state index contributed by atoms with van der Waals surface area (Å²) in [7, 11) is 0. The van der Waals surface area contributed by atoms with Crippen molar-refractivity contribution < 1.29 is 23.8 Å². The van der Waals surface area contributed by atoms with Crippen molar-refractivity contribution in [2.24, 2.45) is 11.8 Å². The van der Waals surface area contributed by atoms with Crippen molar-refractivity contribution in [1.82, 2.24) is 4.90 Å². The summed E-state index contributed by atoms with van der Waals surface area (Å²) in [6, 6.07) is 7.03. The molecule has 1 fully saturated rings. The largest absolute Gasteiger partial charge is 0.493 e. The van der Waals surface area contributed by atoms with Gasteiger partial charge in [-0.1, -0.05) is 18.2 Å². The normalized spacial score (nSPS) is 27.3. The average molecular weight is 375 g/mol. The second kappa shape index (κ2) is 7.50. The zero-order valence-electron chi connectivity index (χ0n) is 16.7. The van der Waals surface area contributed by atoms with Gasteiger partial charge in [-0.3, -0.25) is 14.5 Å². The third-order valence-electron chi connectivity index (χ3n) is 5.34. The van der Waals surface area contributed by atoms with Gasteiger partial charge in [0.25, 0.3) is 0 Å². The maximum Gasteiger partial charge on any atom is 0.324 e. The molecule has 2 aliphatic rings. The van der Waals surface area contributed by atoms with Gasteiger partial charge in [-0.15, -0.1) is 0 Å². The number of hydrogen-bond acceptors (Lipinski definition) is 6. The minimum Gasteiger partial charge on any atom is -0.493 e. The molecule has 0 N–H and O–H groups in total. The molecule has 0 bridgehead atoms. The van der Waals surface area contributed by atoms with Gasteiger partial charge in [0.1, 0.15) is 11.8 Å². The van der Waals surface area contributed by atoms with Crippen LogP contribution in [0, 0.1) is 11.8 Å². The summed E-state index contributed by atoms with van der Waals surface area (Å²) in [4.78, 5) is 28.0. The first kappa shape index (κ1) is 19.7. The number of carbonyl (C=O) groups excluding carboxylic acids is 2. The molecule has 4 unspecified atom stereocenters. The van der Waals surface area contributed by atoms with Crippen molar-refractivity contribution >= 4 is 11.9 Å². The highest BCUT2D eigenvalue weighted by molar-refractivity contribution is 5.86. The summed E-state index contributed by atoms with van der Waals surface area (Å²) in [6.07, 6.45) is 0. The fourth-order valence-electron chi connectivity index (χ4n) is 4.46. The summed E-state index contributed by atoms with van der Waals surface area (Å²) < 4.78 is 16.7. The van der Waals surface area contributed by atoms with Crippen LogP contribution in [-0.2, 0) is 19.1 Å². The highest BCUT2D eigenvalue weighted by atomic mass is 16.5. The second-order valence-electron chi connectivity index (χ2n) is 8.01. The van der Waals surface area contributed by atoms with Gasteiger partial charge in [-0.2, -0.15) is 0 Å². The van der Waals surface area contributed by atoms with E-state index in [1.54, 1.807) is 13.8 Å². The van der Waals surface area contributed by atoms with Crippen LogP contribution in [0.1, 0.15) is 46.2 Å². The van der Waals surface area contributed by atoms with Crippen LogP contribution < -0.4 is 4.74 Å². The van der Waals surface area contributed by atoms with E-state index in [0.717, 1.165) is 11.3 Å². The monoisotopic (exact) mass is 375 g/mol. The molecule has 1 aromatic carbocycles. The third kappa shape index (κ3) is 3.43. The molecule has 0 amide bonds. The first-order chi connectivity index (χ1) is 12.8. The van der Waals surface area contributed by atoms with Crippen LogP contribution in [0.3, 0.4) is 0 Å². The Kier molecular flexibility index (Phi) is 5.47. The van der Waals surface area contributed by atoms with E-state index in [0.29, 0.717) is 6.61 Å². The highest BCUT2D eigenvalue weighted by Crippen LogP contribution is 2.53. The van der Waals surface area contributed by atoms with E-state index in [1.807, 2.05) is 24.3 Å². The molecule has 3 rings (SSSR count). The number of fused-ring (bicyclic) bond motifs is 3. The van der Waals surface area contributed by atoms with Crippen LogP contribution in [-0.4, -0.2) is 48.2 Å². The van der Waals surface area contributed by atoms with Crippen molar-refractivity contribution in [1.29, 1.82) is 0 Å². The zero-order chi connectivity index (χ0) is 19.8. The molecule has 0 spiro atoms. The van der Waals surface area contributed by atoms with Crippen molar-refractivity contribution in [3.05, 3.63) is 29.8 Å². The van der Waals surface area contributed by atoms with E-state index in [1.165, 1.54) is 0 Å². The van der Waals surface area contributed by atoms with Gasteiger partial charge in [0.2, 0.25) is 0 Å². The standard InChI is InChI=1S/C21H29NO5/c1-6-25-19(23)16-14-12-27-15-11-9-8-10-13(15)17(14)22(21(3,4)5)18(16)20(24)26-7-2/h8-11,14,16-18H,6-7,12H2,1-5H3.